The summed E-state index contributed by atoms with van der Waals surface area (Å²) in [6.45, 7) is -1.21. The van der Waals surface area contributed by atoms with Crippen molar-refractivity contribution in [2.75, 3.05) is 12.3 Å². The number of halogens is 3. The van der Waals surface area contributed by atoms with E-state index in [9.17, 15) is 23.5 Å². The van der Waals surface area contributed by atoms with Gasteiger partial charge in [0, 0.05) is 17.3 Å². The standard InChI is InChI=1S/C11H12ClF2N3O5/c12-2-1-5-3-17(10(22)16-8(5)15)9(21)11(13,14)7(20)6(19)4-18/h1-3,6-7,18-20H,4H2,(H2,15,16,22)/t6-,7-/m1/s1. The van der Waals surface area contributed by atoms with E-state index in [2.05, 4.69) is 4.98 Å². The molecule has 1 rings (SSSR count). The summed E-state index contributed by atoms with van der Waals surface area (Å²) in [5.74, 6) is -7.04. The number of rotatable bonds is 5. The molecule has 0 aliphatic carbocycles. The fraction of sp³-hybridized carbons (Fsp3) is 0.364. The number of nitrogens with two attached hydrogens (primary N) is 1. The lowest BCUT2D eigenvalue weighted by molar-refractivity contribution is -0.136. The lowest BCUT2D eigenvalue weighted by Gasteiger charge is -2.24. The molecule has 0 unspecified atom stereocenters. The van der Waals surface area contributed by atoms with E-state index in [0.29, 0.717) is 6.20 Å². The molecule has 0 saturated heterocycles. The third-order valence-electron chi connectivity index (χ3n) is 2.66. The first-order valence-corrected chi connectivity index (χ1v) is 6.16. The molecule has 0 aliphatic heterocycles. The van der Waals surface area contributed by atoms with E-state index in [1.54, 1.807) is 0 Å². The monoisotopic (exact) mass is 339 g/mol. The van der Waals surface area contributed by atoms with Gasteiger partial charge < -0.3 is 21.1 Å². The first-order valence-electron chi connectivity index (χ1n) is 5.72. The number of hydrogen-bond acceptors (Lipinski definition) is 7. The molecule has 0 saturated carbocycles. The van der Waals surface area contributed by atoms with Crippen LogP contribution in [-0.4, -0.2) is 55.5 Å². The van der Waals surface area contributed by atoms with Gasteiger partial charge in [0.1, 0.15) is 11.9 Å². The Morgan fingerprint density at radius 1 is 1.55 bits per heavy atom. The zero-order valence-corrected chi connectivity index (χ0v) is 11.6. The zero-order chi connectivity index (χ0) is 17.1. The molecular weight excluding hydrogens is 328 g/mol. The number of aliphatic hydroxyl groups is 3. The van der Waals surface area contributed by atoms with E-state index >= 15 is 0 Å². The second-order valence-electron chi connectivity index (χ2n) is 4.15. The molecule has 0 aliphatic rings. The highest BCUT2D eigenvalue weighted by atomic mass is 35.5. The molecule has 5 N–H and O–H groups in total. The molecule has 0 bridgehead atoms. The molecule has 0 aromatic carbocycles. The summed E-state index contributed by atoms with van der Waals surface area (Å²) < 4.78 is 27.5. The van der Waals surface area contributed by atoms with Crippen molar-refractivity contribution in [1.82, 2.24) is 9.55 Å². The maximum atomic E-state index is 13.8. The van der Waals surface area contributed by atoms with Gasteiger partial charge in [-0.2, -0.15) is 13.8 Å². The van der Waals surface area contributed by atoms with E-state index < -0.39 is 36.3 Å². The summed E-state index contributed by atoms with van der Waals surface area (Å²) in [5, 5.41) is 26.8. The highest BCUT2D eigenvalue weighted by Crippen LogP contribution is 2.23. The van der Waals surface area contributed by atoms with Crippen LogP contribution in [0.15, 0.2) is 16.5 Å². The van der Waals surface area contributed by atoms with E-state index in [-0.39, 0.29) is 15.9 Å². The molecule has 8 nitrogen and oxygen atoms in total. The topological polar surface area (TPSA) is 139 Å². The van der Waals surface area contributed by atoms with Crippen LogP contribution in [0.4, 0.5) is 14.6 Å². The molecule has 0 fully saturated rings. The van der Waals surface area contributed by atoms with Crippen molar-refractivity contribution < 1.29 is 28.9 Å². The first kappa shape index (κ1) is 18.2. The van der Waals surface area contributed by atoms with Crippen LogP contribution in [0.5, 0.6) is 0 Å². The molecule has 2 atom stereocenters. The van der Waals surface area contributed by atoms with Crippen molar-refractivity contribution in [2.45, 2.75) is 18.1 Å². The van der Waals surface area contributed by atoms with Crippen molar-refractivity contribution in [2.24, 2.45) is 0 Å². The Labute approximate surface area is 127 Å². The lowest BCUT2D eigenvalue weighted by Crippen LogP contribution is -2.53. The van der Waals surface area contributed by atoms with Gasteiger partial charge in [0.15, 0.2) is 6.10 Å². The molecule has 0 radical (unpaired) electrons. The number of aliphatic hydroxyl groups excluding tert-OH is 3. The van der Waals surface area contributed by atoms with Crippen LogP contribution in [0, 0.1) is 0 Å². The maximum Gasteiger partial charge on any atom is 0.356 e. The van der Waals surface area contributed by atoms with Gasteiger partial charge in [0.25, 0.3) is 0 Å². The van der Waals surface area contributed by atoms with E-state index in [4.69, 9.17) is 27.5 Å². The molecule has 0 amide bonds. The third-order valence-corrected chi connectivity index (χ3v) is 2.78. The minimum absolute atomic E-state index is 0.0735. The summed E-state index contributed by atoms with van der Waals surface area (Å²) >= 11 is 5.30. The van der Waals surface area contributed by atoms with E-state index in [0.717, 1.165) is 11.6 Å². The predicted octanol–water partition coefficient (Wildman–Crippen LogP) is -0.975. The van der Waals surface area contributed by atoms with Crippen LogP contribution in [0.3, 0.4) is 0 Å². The Morgan fingerprint density at radius 2 is 2.14 bits per heavy atom. The molecule has 122 valence electrons. The zero-order valence-electron chi connectivity index (χ0n) is 10.9. The Hall–Kier alpha value is -1.88. The highest BCUT2D eigenvalue weighted by molar-refractivity contribution is 6.27. The summed E-state index contributed by atoms with van der Waals surface area (Å²) in [5.41, 5.74) is 4.82. The fourth-order valence-corrected chi connectivity index (χ4v) is 1.59. The fourth-order valence-electron chi connectivity index (χ4n) is 1.45. The summed E-state index contributed by atoms with van der Waals surface area (Å²) in [7, 11) is 0. The number of anilines is 1. The molecule has 11 heteroatoms. The Bertz CT molecular complexity index is 649. The third kappa shape index (κ3) is 3.47. The Morgan fingerprint density at radius 3 is 2.64 bits per heavy atom. The Kier molecular flexibility index (Phi) is 5.72. The number of aromatic nitrogens is 2. The van der Waals surface area contributed by atoms with Gasteiger partial charge in [0.2, 0.25) is 0 Å². The van der Waals surface area contributed by atoms with Crippen LogP contribution < -0.4 is 11.4 Å². The number of nitrogens with zero attached hydrogens (tertiary/aromatic N) is 2. The minimum atomic E-state index is -4.55. The van der Waals surface area contributed by atoms with E-state index in [1.165, 1.54) is 0 Å². The van der Waals surface area contributed by atoms with Crippen molar-refractivity contribution in [3.8, 4) is 0 Å². The summed E-state index contributed by atoms with van der Waals surface area (Å²) in [4.78, 5) is 26.4. The largest absolute Gasteiger partial charge is 0.394 e. The lowest BCUT2D eigenvalue weighted by atomic mass is 10.1. The number of carbonyl (C=O) groups excluding carboxylic acids is 1. The van der Waals surface area contributed by atoms with E-state index in [1.807, 2.05) is 0 Å². The molecule has 22 heavy (non-hydrogen) atoms. The molecule has 1 aromatic rings. The van der Waals surface area contributed by atoms with Gasteiger partial charge in [-0.1, -0.05) is 11.6 Å². The quantitative estimate of drug-likeness (QED) is 0.541. The van der Waals surface area contributed by atoms with Crippen molar-refractivity contribution >= 4 is 29.4 Å². The second-order valence-corrected chi connectivity index (χ2v) is 4.40. The molecule has 1 heterocycles. The van der Waals surface area contributed by atoms with Gasteiger partial charge in [-0.3, -0.25) is 4.79 Å². The maximum absolute atomic E-state index is 13.8. The first-order chi connectivity index (χ1) is 10.2. The van der Waals surface area contributed by atoms with Crippen molar-refractivity contribution in [3.63, 3.8) is 0 Å². The number of hydrogen-bond donors (Lipinski definition) is 4. The van der Waals surface area contributed by atoms with Crippen LogP contribution in [0.2, 0.25) is 0 Å². The highest BCUT2D eigenvalue weighted by Gasteiger charge is 2.51. The number of alkyl halides is 2. The average Bonchev–Trinajstić information content (AvgIpc) is 2.47. The van der Waals surface area contributed by atoms with Crippen molar-refractivity contribution in [1.29, 1.82) is 0 Å². The van der Waals surface area contributed by atoms with Crippen molar-refractivity contribution in [3.05, 3.63) is 27.8 Å². The number of nitrogen functional groups attached to an aromatic ring is 1. The summed E-state index contributed by atoms with van der Waals surface area (Å²) in [6.07, 6.45) is -3.43. The van der Waals surface area contributed by atoms with Crippen LogP contribution >= 0.6 is 11.6 Å². The van der Waals surface area contributed by atoms with Gasteiger partial charge in [0.05, 0.1) is 6.61 Å². The van der Waals surface area contributed by atoms with Gasteiger partial charge in [-0.25, -0.2) is 9.36 Å². The second kappa shape index (κ2) is 6.92. The SMILES string of the molecule is Nc1nc(=O)n(C(=O)C(F)(F)[C@H](O)[C@H](O)CO)cc1C=CCl. The number of carbonyl (C=O) groups is 1. The molecule has 1 aromatic heterocycles. The normalized spacial score (nSPS) is 15.0. The Balaban J connectivity index is 3.33. The smallest absolute Gasteiger partial charge is 0.356 e. The minimum Gasteiger partial charge on any atom is -0.394 e. The van der Waals surface area contributed by atoms with Crippen LogP contribution in [-0.2, 0) is 0 Å². The summed E-state index contributed by atoms with van der Waals surface area (Å²) in [6, 6.07) is 0. The average molecular weight is 340 g/mol. The van der Waals surface area contributed by atoms with Crippen LogP contribution in [0.1, 0.15) is 10.4 Å². The van der Waals surface area contributed by atoms with Gasteiger partial charge >= 0.3 is 17.5 Å². The van der Waals surface area contributed by atoms with Crippen LogP contribution in [0.25, 0.3) is 6.08 Å². The molecule has 0 spiro atoms. The molecular formula is C11H12ClF2N3O5. The van der Waals surface area contributed by atoms with Gasteiger partial charge in [-0.15, -0.1) is 0 Å². The van der Waals surface area contributed by atoms with Gasteiger partial charge in [-0.05, 0) is 6.08 Å². The predicted molar refractivity (Wildman–Crippen MR) is 72.5 cm³/mol.